The summed E-state index contributed by atoms with van der Waals surface area (Å²) in [7, 11) is 2.96. The van der Waals surface area contributed by atoms with Gasteiger partial charge in [0.1, 0.15) is 18.0 Å². The molecule has 2 amide bonds. The summed E-state index contributed by atoms with van der Waals surface area (Å²) in [5, 5.41) is 2.47. The van der Waals surface area contributed by atoms with E-state index < -0.39 is 11.9 Å². The number of carbonyl (C=O) groups is 3. The van der Waals surface area contributed by atoms with E-state index in [2.05, 4.69) is 5.32 Å². The number of hydrogen-bond donors (Lipinski definition) is 1. The molecule has 8 nitrogen and oxygen atoms in total. The normalized spacial score (nSPS) is 14.1. The molecule has 1 heterocycles. The van der Waals surface area contributed by atoms with E-state index in [1.54, 1.807) is 11.0 Å². The van der Waals surface area contributed by atoms with E-state index in [1.807, 2.05) is 0 Å². The molecule has 0 unspecified atom stereocenters. The molecular weight excluding hydrogens is 352 g/mol. The van der Waals surface area contributed by atoms with Crippen molar-refractivity contribution in [3.05, 3.63) is 23.8 Å². The van der Waals surface area contributed by atoms with Crippen molar-refractivity contribution in [2.45, 2.75) is 25.7 Å². The van der Waals surface area contributed by atoms with E-state index >= 15 is 0 Å². The molecule has 0 aromatic heterocycles. The Morgan fingerprint density at radius 3 is 2.11 bits per heavy atom. The van der Waals surface area contributed by atoms with E-state index in [0.717, 1.165) is 25.7 Å². The second kappa shape index (κ2) is 10.4. The summed E-state index contributed by atoms with van der Waals surface area (Å²) in [5.41, 5.74) is 0.291. The third-order valence-electron chi connectivity index (χ3n) is 4.32. The van der Waals surface area contributed by atoms with Crippen molar-refractivity contribution in [3.63, 3.8) is 0 Å². The maximum atomic E-state index is 12.2. The largest absolute Gasteiger partial charge is 0.497 e. The van der Waals surface area contributed by atoms with Gasteiger partial charge in [0.15, 0.2) is 6.61 Å². The van der Waals surface area contributed by atoms with Gasteiger partial charge in [0.25, 0.3) is 11.8 Å². The number of rotatable bonds is 7. The topological polar surface area (TPSA) is 94.2 Å². The first-order chi connectivity index (χ1) is 13.0. The van der Waals surface area contributed by atoms with Crippen LogP contribution in [-0.2, 0) is 14.3 Å². The highest BCUT2D eigenvalue weighted by Gasteiger charge is 2.18. The molecule has 1 aliphatic rings. The van der Waals surface area contributed by atoms with Crippen molar-refractivity contribution in [1.29, 1.82) is 0 Å². The highest BCUT2D eigenvalue weighted by molar-refractivity contribution is 5.96. The SMILES string of the molecule is COc1cc(OC)cc(C(=O)NCC(=O)OCC(=O)N2CCCCCC2)c1. The lowest BCUT2D eigenvalue weighted by Crippen LogP contribution is -2.37. The average molecular weight is 378 g/mol. The maximum Gasteiger partial charge on any atom is 0.325 e. The number of nitrogens with zero attached hydrogens (tertiary/aromatic N) is 1. The number of methoxy groups -OCH3 is 2. The Morgan fingerprint density at radius 1 is 0.963 bits per heavy atom. The Hall–Kier alpha value is -2.77. The lowest BCUT2D eigenvalue weighted by Gasteiger charge is -2.19. The molecule has 148 valence electrons. The zero-order valence-corrected chi connectivity index (χ0v) is 15.8. The van der Waals surface area contributed by atoms with Gasteiger partial charge in [-0.05, 0) is 25.0 Å². The van der Waals surface area contributed by atoms with Crippen molar-refractivity contribution in [1.82, 2.24) is 10.2 Å². The third kappa shape index (κ3) is 6.47. The molecule has 0 bridgehead atoms. The molecule has 2 rings (SSSR count). The quantitative estimate of drug-likeness (QED) is 0.721. The maximum absolute atomic E-state index is 12.2. The summed E-state index contributed by atoms with van der Waals surface area (Å²) in [4.78, 5) is 37.8. The molecule has 1 saturated heterocycles. The van der Waals surface area contributed by atoms with Crippen molar-refractivity contribution in [3.8, 4) is 11.5 Å². The first kappa shape index (κ1) is 20.5. The van der Waals surface area contributed by atoms with Crippen LogP contribution in [0, 0.1) is 0 Å². The number of benzene rings is 1. The van der Waals surface area contributed by atoms with Crippen LogP contribution in [0.5, 0.6) is 11.5 Å². The van der Waals surface area contributed by atoms with E-state index in [9.17, 15) is 14.4 Å². The Balaban J connectivity index is 1.79. The van der Waals surface area contributed by atoms with Gasteiger partial charge in [-0.2, -0.15) is 0 Å². The first-order valence-corrected chi connectivity index (χ1v) is 8.98. The number of ether oxygens (including phenoxy) is 3. The molecule has 0 spiro atoms. The fraction of sp³-hybridized carbons (Fsp3) is 0.526. The van der Waals surface area contributed by atoms with Gasteiger partial charge in [-0.15, -0.1) is 0 Å². The van der Waals surface area contributed by atoms with Crippen LogP contribution in [0.4, 0.5) is 0 Å². The minimum absolute atomic E-state index is 0.200. The molecule has 1 aliphatic heterocycles. The first-order valence-electron chi connectivity index (χ1n) is 8.98. The van der Waals surface area contributed by atoms with Crippen LogP contribution >= 0.6 is 0 Å². The van der Waals surface area contributed by atoms with Gasteiger partial charge >= 0.3 is 5.97 Å². The van der Waals surface area contributed by atoms with E-state index in [-0.39, 0.29) is 19.1 Å². The second-order valence-corrected chi connectivity index (χ2v) is 6.24. The summed E-state index contributed by atoms with van der Waals surface area (Å²) in [6.07, 6.45) is 4.18. The van der Waals surface area contributed by atoms with Crippen molar-refractivity contribution >= 4 is 17.8 Å². The van der Waals surface area contributed by atoms with Crippen LogP contribution in [0.3, 0.4) is 0 Å². The smallest absolute Gasteiger partial charge is 0.325 e. The molecule has 1 aromatic carbocycles. The van der Waals surface area contributed by atoms with Crippen LogP contribution in [0.15, 0.2) is 18.2 Å². The number of nitrogens with one attached hydrogen (secondary N) is 1. The fourth-order valence-corrected chi connectivity index (χ4v) is 2.80. The monoisotopic (exact) mass is 378 g/mol. The number of amides is 2. The van der Waals surface area contributed by atoms with Crippen LogP contribution in [0.1, 0.15) is 36.0 Å². The summed E-state index contributed by atoms with van der Waals surface area (Å²) in [6, 6.07) is 4.71. The highest BCUT2D eigenvalue weighted by Crippen LogP contribution is 2.22. The number of esters is 1. The summed E-state index contributed by atoms with van der Waals surface area (Å²) < 4.78 is 15.2. The molecule has 0 radical (unpaired) electrons. The van der Waals surface area contributed by atoms with Gasteiger partial charge in [-0.3, -0.25) is 14.4 Å². The van der Waals surface area contributed by atoms with E-state index in [0.29, 0.717) is 30.2 Å². The minimum atomic E-state index is -0.665. The zero-order chi connectivity index (χ0) is 19.6. The molecule has 1 fully saturated rings. The molecule has 0 atom stereocenters. The standard InChI is InChI=1S/C19H26N2O6/c1-25-15-9-14(10-16(11-15)26-2)19(24)20-12-18(23)27-13-17(22)21-7-5-3-4-6-8-21/h9-11H,3-8,12-13H2,1-2H3,(H,20,24). The van der Waals surface area contributed by atoms with Gasteiger partial charge < -0.3 is 24.4 Å². The minimum Gasteiger partial charge on any atom is -0.497 e. The Bertz CT molecular complexity index is 646. The Kier molecular flexibility index (Phi) is 7.91. The predicted octanol–water partition coefficient (Wildman–Crippen LogP) is 1.38. The van der Waals surface area contributed by atoms with Gasteiger partial charge in [0, 0.05) is 24.7 Å². The molecular formula is C19H26N2O6. The molecule has 0 saturated carbocycles. The third-order valence-corrected chi connectivity index (χ3v) is 4.32. The van der Waals surface area contributed by atoms with E-state index in [1.165, 1.54) is 26.4 Å². The average Bonchev–Trinajstić information content (AvgIpc) is 2.99. The Labute approximate surface area is 158 Å². The van der Waals surface area contributed by atoms with Gasteiger partial charge in [0.05, 0.1) is 14.2 Å². The molecule has 0 aliphatic carbocycles. The van der Waals surface area contributed by atoms with Crippen LogP contribution in [-0.4, -0.2) is 63.1 Å². The van der Waals surface area contributed by atoms with Crippen molar-refractivity contribution in [2.75, 3.05) is 40.5 Å². The lowest BCUT2D eigenvalue weighted by atomic mass is 10.2. The summed E-state index contributed by atoms with van der Waals surface area (Å²) >= 11 is 0. The van der Waals surface area contributed by atoms with Crippen molar-refractivity contribution in [2.24, 2.45) is 0 Å². The lowest BCUT2D eigenvalue weighted by molar-refractivity contribution is -0.151. The zero-order valence-electron chi connectivity index (χ0n) is 15.8. The fourth-order valence-electron chi connectivity index (χ4n) is 2.80. The summed E-state index contributed by atoms with van der Waals surface area (Å²) in [6.45, 7) is 0.767. The van der Waals surface area contributed by atoms with Crippen LogP contribution < -0.4 is 14.8 Å². The van der Waals surface area contributed by atoms with Gasteiger partial charge in [0.2, 0.25) is 0 Å². The number of likely N-dealkylation sites (tertiary alicyclic amines) is 1. The van der Waals surface area contributed by atoms with Gasteiger partial charge in [-0.25, -0.2) is 0 Å². The summed E-state index contributed by atoms with van der Waals surface area (Å²) in [5.74, 6) is -0.409. The molecule has 8 heteroatoms. The molecule has 1 aromatic rings. The second-order valence-electron chi connectivity index (χ2n) is 6.24. The highest BCUT2D eigenvalue weighted by atomic mass is 16.5. The molecule has 1 N–H and O–H groups in total. The van der Waals surface area contributed by atoms with Gasteiger partial charge in [-0.1, -0.05) is 12.8 Å². The van der Waals surface area contributed by atoms with Crippen molar-refractivity contribution < 1.29 is 28.6 Å². The van der Waals surface area contributed by atoms with E-state index in [4.69, 9.17) is 14.2 Å². The number of hydrogen-bond acceptors (Lipinski definition) is 6. The predicted molar refractivity (Wildman–Crippen MR) is 97.9 cm³/mol. The van der Waals surface area contributed by atoms with Crippen LogP contribution in [0.25, 0.3) is 0 Å². The number of carbonyl (C=O) groups excluding carboxylic acids is 3. The Morgan fingerprint density at radius 2 is 1.56 bits per heavy atom. The molecule has 27 heavy (non-hydrogen) atoms. The van der Waals surface area contributed by atoms with Crippen LogP contribution in [0.2, 0.25) is 0 Å².